The van der Waals surface area contributed by atoms with E-state index < -0.39 is 0 Å². The maximum absolute atomic E-state index is 12.6. The molecule has 0 spiro atoms. The highest BCUT2D eigenvalue weighted by Gasteiger charge is 2.27. The molecular weight excluding hydrogens is 296 g/mol. The van der Waals surface area contributed by atoms with Gasteiger partial charge in [0.05, 0.1) is 0 Å². The van der Waals surface area contributed by atoms with Crippen LogP contribution in [0.4, 0.5) is 0 Å². The van der Waals surface area contributed by atoms with Gasteiger partial charge in [-0.25, -0.2) is 0 Å². The zero-order valence-electron chi connectivity index (χ0n) is 13.4. The molecular formula is C18H27ClN2O. The second-order valence-electron chi connectivity index (χ2n) is 6.46. The molecule has 1 fully saturated rings. The normalized spacial score (nSPS) is 24.3. The van der Waals surface area contributed by atoms with E-state index in [9.17, 15) is 4.79 Å². The first-order valence-electron chi connectivity index (χ1n) is 8.30. The molecule has 1 heterocycles. The molecule has 1 aromatic rings. The van der Waals surface area contributed by atoms with E-state index in [1.165, 1.54) is 30.4 Å². The third-order valence-electron chi connectivity index (χ3n) is 5.10. The minimum atomic E-state index is 0. The summed E-state index contributed by atoms with van der Waals surface area (Å²) in [5.74, 6) is 0.772. The Labute approximate surface area is 139 Å². The lowest BCUT2D eigenvalue weighted by Crippen LogP contribution is -2.47. The van der Waals surface area contributed by atoms with Crippen LogP contribution in [0, 0.1) is 0 Å². The van der Waals surface area contributed by atoms with Crippen LogP contribution in [-0.2, 0) is 11.2 Å². The van der Waals surface area contributed by atoms with Gasteiger partial charge in [-0.3, -0.25) is 4.79 Å². The standard InChI is InChI=1S/C18H26N2O.ClH/c1-19-16-9-5-11-20(13-16)18(21)12-15-8-4-7-14-6-2-3-10-17(14)15;/h2-3,6,10,15-16,19H,4-5,7-9,11-13H2,1H3;1H. The van der Waals surface area contributed by atoms with E-state index in [0.717, 1.165) is 25.9 Å². The number of likely N-dealkylation sites (tertiary alicyclic amines) is 1. The van der Waals surface area contributed by atoms with Crippen molar-refractivity contribution in [1.29, 1.82) is 0 Å². The predicted molar refractivity (Wildman–Crippen MR) is 92.6 cm³/mol. The number of rotatable bonds is 3. The number of nitrogens with one attached hydrogen (secondary N) is 1. The summed E-state index contributed by atoms with van der Waals surface area (Å²) in [6, 6.07) is 9.15. The van der Waals surface area contributed by atoms with Crippen LogP contribution in [0.3, 0.4) is 0 Å². The molecule has 0 radical (unpaired) electrons. The van der Waals surface area contributed by atoms with Crippen molar-refractivity contribution in [3.63, 3.8) is 0 Å². The molecule has 2 atom stereocenters. The summed E-state index contributed by atoms with van der Waals surface area (Å²) in [5.41, 5.74) is 2.87. The number of halogens is 1. The van der Waals surface area contributed by atoms with Crippen LogP contribution in [0.25, 0.3) is 0 Å². The van der Waals surface area contributed by atoms with Gasteiger partial charge in [-0.05, 0) is 56.2 Å². The average Bonchev–Trinajstić information content (AvgIpc) is 2.55. The largest absolute Gasteiger partial charge is 0.341 e. The van der Waals surface area contributed by atoms with Crippen LogP contribution in [0.1, 0.15) is 49.1 Å². The summed E-state index contributed by atoms with van der Waals surface area (Å²) in [6.45, 7) is 1.81. The molecule has 22 heavy (non-hydrogen) atoms. The van der Waals surface area contributed by atoms with Gasteiger partial charge in [-0.15, -0.1) is 12.4 Å². The lowest BCUT2D eigenvalue weighted by Gasteiger charge is -2.34. The third-order valence-corrected chi connectivity index (χ3v) is 5.10. The molecule has 1 aliphatic carbocycles. The van der Waals surface area contributed by atoms with Crippen LogP contribution >= 0.6 is 12.4 Å². The van der Waals surface area contributed by atoms with E-state index >= 15 is 0 Å². The van der Waals surface area contributed by atoms with Gasteiger partial charge in [0.25, 0.3) is 0 Å². The van der Waals surface area contributed by atoms with Gasteiger partial charge >= 0.3 is 0 Å². The number of benzene rings is 1. The van der Waals surface area contributed by atoms with Crippen molar-refractivity contribution in [3.05, 3.63) is 35.4 Å². The number of amides is 1. The second-order valence-corrected chi connectivity index (χ2v) is 6.46. The molecule has 2 aliphatic rings. The number of piperidine rings is 1. The predicted octanol–water partition coefficient (Wildman–Crippen LogP) is 3.13. The topological polar surface area (TPSA) is 32.3 Å². The van der Waals surface area contributed by atoms with Gasteiger partial charge < -0.3 is 10.2 Å². The minimum Gasteiger partial charge on any atom is -0.341 e. The SMILES string of the molecule is CNC1CCCN(C(=O)CC2CCCc3ccccc32)C1.Cl. The molecule has 4 heteroatoms. The van der Waals surface area contributed by atoms with Crippen LogP contribution in [-0.4, -0.2) is 37.0 Å². The first kappa shape index (κ1) is 17.3. The summed E-state index contributed by atoms with van der Waals surface area (Å²) < 4.78 is 0. The number of hydrogen-bond acceptors (Lipinski definition) is 2. The van der Waals surface area contributed by atoms with Gasteiger partial charge in [-0.1, -0.05) is 24.3 Å². The van der Waals surface area contributed by atoms with Gasteiger partial charge in [0, 0.05) is 25.6 Å². The van der Waals surface area contributed by atoms with Crippen LogP contribution in [0.2, 0.25) is 0 Å². The summed E-state index contributed by atoms with van der Waals surface area (Å²) >= 11 is 0. The Morgan fingerprint density at radius 3 is 2.91 bits per heavy atom. The molecule has 3 nitrogen and oxygen atoms in total. The van der Waals surface area contributed by atoms with Crippen LogP contribution < -0.4 is 5.32 Å². The highest BCUT2D eigenvalue weighted by Crippen LogP contribution is 2.34. The molecule has 0 bridgehead atoms. The third kappa shape index (κ3) is 3.82. The first-order chi connectivity index (χ1) is 10.3. The smallest absolute Gasteiger partial charge is 0.223 e. The van der Waals surface area contributed by atoms with E-state index in [-0.39, 0.29) is 12.4 Å². The van der Waals surface area contributed by atoms with Gasteiger partial charge in [-0.2, -0.15) is 0 Å². The summed E-state index contributed by atoms with van der Waals surface area (Å²) in [7, 11) is 2.00. The number of fused-ring (bicyclic) bond motifs is 1. The maximum Gasteiger partial charge on any atom is 0.223 e. The van der Waals surface area contributed by atoms with Crippen molar-refractivity contribution in [2.45, 2.75) is 50.5 Å². The first-order valence-corrected chi connectivity index (χ1v) is 8.30. The monoisotopic (exact) mass is 322 g/mol. The molecule has 1 N–H and O–H groups in total. The van der Waals surface area contributed by atoms with Crippen LogP contribution in [0.5, 0.6) is 0 Å². The van der Waals surface area contributed by atoms with Gasteiger partial charge in [0.15, 0.2) is 0 Å². The minimum absolute atomic E-state index is 0. The Hall–Kier alpha value is -1.06. The summed E-state index contributed by atoms with van der Waals surface area (Å²) in [4.78, 5) is 14.7. The Balaban J connectivity index is 0.00000176. The molecule has 3 rings (SSSR count). The molecule has 0 aromatic heterocycles. The fourth-order valence-electron chi connectivity index (χ4n) is 3.85. The fourth-order valence-corrected chi connectivity index (χ4v) is 3.85. The average molecular weight is 323 g/mol. The molecule has 1 aliphatic heterocycles. The van der Waals surface area contributed by atoms with Crippen molar-refractivity contribution in [2.75, 3.05) is 20.1 Å². The molecule has 1 amide bonds. The molecule has 1 saturated heterocycles. The highest BCUT2D eigenvalue weighted by molar-refractivity contribution is 5.85. The summed E-state index contributed by atoms with van der Waals surface area (Å²) in [6.07, 6.45) is 6.55. The van der Waals surface area contributed by atoms with E-state index in [1.807, 2.05) is 7.05 Å². The Bertz CT molecular complexity index is 506. The van der Waals surface area contributed by atoms with Crippen molar-refractivity contribution < 1.29 is 4.79 Å². The zero-order valence-corrected chi connectivity index (χ0v) is 14.2. The van der Waals surface area contributed by atoms with Gasteiger partial charge in [0.2, 0.25) is 5.91 Å². The highest BCUT2D eigenvalue weighted by atomic mass is 35.5. The number of nitrogens with zero attached hydrogens (tertiary/aromatic N) is 1. The van der Waals surface area contributed by atoms with E-state index in [2.05, 4.69) is 34.5 Å². The van der Waals surface area contributed by atoms with E-state index in [0.29, 0.717) is 24.3 Å². The quantitative estimate of drug-likeness (QED) is 0.927. The number of carbonyl (C=O) groups is 1. The van der Waals surface area contributed by atoms with Crippen molar-refractivity contribution >= 4 is 18.3 Å². The van der Waals surface area contributed by atoms with Crippen LogP contribution in [0.15, 0.2) is 24.3 Å². The summed E-state index contributed by atoms with van der Waals surface area (Å²) in [5, 5.41) is 3.31. The Kier molecular flexibility index (Phi) is 6.27. The maximum atomic E-state index is 12.6. The van der Waals surface area contributed by atoms with Crippen molar-refractivity contribution in [1.82, 2.24) is 10.2 Å². The van der Waals surface area contributed by atoms with Gasteiger partial charge in [0.1, 0.15) is 0 Å². The van der Waals surface area contributed by atoms with E-state index in [1.54, 1.807) is 0 Å². The molecule has 2 unspecified atom stereocenters. The van der Waals surface area contributed by atoms with E-state index in [4.69, 9.17) is 0 Å². The number of carbonyl (C=O) groups excluding carboxylic acids is 1. The molecule has 122 valence electrons. The fraction of sp³-hybridized carbons (Fsp3) is 0.611. The Morgan fingerprint density at radius 1 is 1.27 bits per heavy atom. The number of aryl methyl sites for hydroxylation is 1. The van der Waals surface area contributed by atoms with Crippen molar-refractivity contribution in [2.24, 2.45) is 0 Å². The number of likely N-dealkylation sites (N-methyl/N-ethyl adjacent to an activating group) is 1. The molecule has 1 aromatic carbocycles. The Morgan fingerprint density at radius 2 is 2.09 bits per heavy atom. The van der Waals surface area contributed by atoms with Crippen molar-refractivity contribution in [3.8, 4) is 0 Å². The zero-order chi connectivity index (χ0) is 14.7. The number of hydrogen-bond donors (Lipinski definition) is 1. The lowest BCUT2D eigenvalue weighted by atomic mass is 9.81. The lowest BCUT2D eigenvalue weighted by molar-refractivity contribution is -0.133. The second kappa shape index (κ2) is 7.98. The molecule has 0 saturated carbocycles.